The van der Waals surface area contributed by atoms with Gasteiger partial charge in [0.1, 0.15) is 11.5 Å². The van der Waals surface area contributed by atoms with Crippen LogP contribution in [0.4, 0.5) is 0 Å². The minimum absolute atomic E-state index is 0.166. The van der Waals surface area contributed by atoms with Crippen LogP contribution in [0.3, 0.4) is 0 Å². The second kappa shape index (κ2) is 11.0. The van der Waals surface area contributed by atoms with Crippen LogP contribution in [0.5, 0.6) is 11.6 Å². The summed E-state index contributed by atoms with van der Waals surface area (Å²) in [4.78, 5) is 38.2. The van der Waals surface area contributed by atoms with Gasteiger partial charge in [-0.15, -0.1) is 0 Å². The average Bonchev–Trinajstić information content (AvgIpc) is 3.19. The fraction of sp³-hybridized carbons (Fsp3) is 0.370. The first-order chi connectivity index (χ1) is 16.6. The van der Waals surface area contributed by atoms with E-state index in [0.717, 1.165) is 34.9 Å². The summed E-state index contributed by atoms with van der Waals surface area (Å²) in [6.45, 7) is 4.13. The molecule has 3 aromatic rings. The first-order valence-corrected chi connectivity index (χ1v) is 11.8. The lowest BCUT2D eigenvalue weighted by atomic mass is 9.99. The molecule has 0 spiro atoms. The zero-order valence-corrected chi connectivity index (χ0v) is 19.6. The Morgan fingerprint density at radius 3 is 2.68 bits per heavy atom. The van der Waals surface area contributed by atoms with Crippen molar-refractivity contribution in [1.82, 2.24) is 9.97 Å². The Morgan fingerprint density at radius 2 is 1.91 bits per heavy atom. The van der Waals surface area contributed by atoms with Crippen molar-refractivity contribution in [3.8, 4) is 11.6 Å². The predicted molar refractivity (Wildman–Crippen MR) is 130 cm³/mol. The summed E-state index contributed by atoms with van der Waals surface area (Å²) in [5.41, 5.74) is 1.76. The average molecular weight is 460 g/mol. The van der Waals surface area contributed by atoms with Crippen molar-refractivity contribution < 1.29 is 19.1 Å². The Morgan fingerprint density at radius 1 is 1.12 bits per heavy atom. The van der Waals surface area contributed by atoms with Crippen molar-refractivity contribution in [1.29, 1.82) is 0 Å². The van der Waals surface area contributed by atoms with Crippen LogP contribution in [0, 0.1) is 5.92 Å². The topological polar surface area (TPSA) is 90.7 Å². The molecule has 2 aromatic heterocycles. The first kappa shape index (κ1) is 23.5. The van der Waals surface area contributed by atoms with Gasteiger partial charge in [0.2, 0.25) is 5.88 Å². The number of fused-ring (bicyclic) bond motifs is 1. The third-order valence-electron chi connectivity index (χ3n) is 5.97. The van der Waals surface area contributed by atoms with Crippen LogP contribution < -0.4 is 4.74 Å². The molecule has 7 nitrogen and oxygen atoms in total. The van der Waals surface area contributed by atoms with Crippen molar-refractivity contribution in [3.63, 3.8) is 0 Å². The molecule has 34 heavy (non-hydrogen) atoms. The largest absolute Gasteiger partial charge is 0.464 e. The van der Waals surface area contributed by atoms with E-state index in [2.05, 4.69) is 16.9 Å². The maximum atomic E-state index is 12.7. The lowest BCUT2D eigenvalue weighted by Crippen LogP contribution is -2.27. The molecule has 1 aliphatic rings. The second-order valence-electron chi connectivity index (χ2n) is 8.36. The number of rotatable bonds is 9. The van der Waals surface area contributed by atoms with Gasteiger partial charge in [-0.05, 0) is 55.0 Å². The summed E-state index contributed by atoms with van der Waals surface area (Å²) in [5.74, 6) is 0.817. The van der Waals surface area contributed by atoms with Crippen molar-refractivity contribution in [3.05, 3.63) is 60.6 Å². The second-order valence-corrected chi connectivity index (χ2v) is 8.36. The van der Waals surface area contributed by atoms with Gasteiger partial charge in [-0.3, -0.25) is 14.8 Å². The third kappa shape index (κ3) is 5.47. The van der Waals surface area contributed by atoms with E-state index in [4.69, 9.17) is 14.5 Å². The van der Waals surface area contributed by atoms with E-state index in [-0.39, 0.29) is 24.3 Å². The van der Waals surface area contributed by atoms with Gasteiger partial charge in [0.15, 0.2) is 6.04 Å². The summed E-state index contributed by atoms with van der Waals surface area (Å²) >= 11 is 0. The molecular formula is C27H29N3O4. The number of esters is 1. The molecule has 0 saturated heterocycles. The fourth-order valence-electron chi connectivity index (χ4n) is 4.27. The van der Waals surface area contributed by atoms with Gasteiger partial charge in [-0.1, -0.05) is 25.5 Å². The monoisotopic (exact) mass is 459 g/mol. The van der Waals surface area contributed by atoms with Gasteiger partial charge in [-0.2, -0.15) is 0 Å². The van der Waals surface area contributed by atoms with Crippen LogP contribution in [0.25, 0.3) is 10.8 Å². The molecule has 176 valence electrons. The lowest BCUT2D eigenvalue weighted by Gasteiger charge is -2.16. The standard InChI is InChI=1S/C27H29N3O4/c1-3-5-21-23(10-11-25(21)31)30-24(27(32)33-4-2)16-18-6-8-20(9-7-18)34-26-22-17-28-14-12-19(22)13-15-29-26/h6-9,12-15,17,21,24H,3-5,10-11,16H2,1-2H3/t21?,24-/m0/s1. The molecule has 0 bridgehead atoms. The van der Waals surface area contributed by atoms with Crippen LogP contribution in [0.1, 0.15) is 45.1 Å². The highest BCUT2D eigenvalue weighted by Crippen LogP contribution is 2.28. The van der Waals surface area contributed by atoms with E-state index >= 15 is 0 Å². The number of ketones is 1. The molecule has 1 fully saturated rings. The van der Waals surface area contributed by atoms with Gasteiger partial charge >= 0.3 is 5.97 Å². The highest BCUT2D eigenvalue weighted by Gasteiger charge is 2.32. The Hall–Kier alpha value is -3.61. The highest BCUT2D eigenvalue weighted by molar-refractivity contribution is 6.11. The van der Waals surface area contributed by atoms with Gasteiger partial charge < -0.3 is 9.47 Å². The van der Waals surface area contributed by atoms with Crippen molar-refractivity contribution >= 4 is 28.2 Å². The molecule has 1 aromatic carbocycles. The molecule has 2 heterocycles. The number of benzene rings is 1. The highest BCUT2D eigenvalue weighted by atomic mass is 16.5. The molecule has 0 radical (unpaired) electrons. The Kier molecular flexibility index (Phi) is 7.62. The van der Waals surface area contributed by atoms with E-state index in [1.807, 2.05) is 36.4 Å². The maximum absolute atomic E-state index is 12.7. The van der Waals surface area contributed by atoms with E-state index in [9.17, 15) is 9.59 Å². The van der Waals surface area contributed by atoms with Crippen molar-refractivity contribution in [2.75, 3.05) is 6.61 Å². The number of carbonyl (C=O) groups excluding carboxylic acids is 2. The minimum atomic E-state index is -0.669. The molecule has 2 atom stereocenters. The number of hydrogen-bond donors (Lipinski definition) is 0. The summed E-state index contributed by atoms with van der Waals surface area (Å²) < 4.78 is 11.3. The maximum Gasteiger partial charge on any atom is 0.331 e. The smallest absolute Gasteiger partial charge is 0.331 e. The summed E-state index contributed by atoms with van der Waals surface area (Å²) in [6, 6.07) is 10.7. The van der Waals surface area contributed by atoms with Crippen LogP contribution in [0.2, 0.25) is 0 Å². The van der Waals surface area contributed by atoms with Crippen LogP contribution in [-0.4, -0.2) is 40.1 Å². The zero-order valence-electron chi connectivity index (χ0n) is 19.6. The molecular weight excluding hydrogens is 430 g/mol. The van der Waals surface area contributed by atoms with E-state index < -0.39 is 6.04 Å². The van der Waals surface area contributed by atoms with Crippen LogP contribution >= 0.6 is 0 Å². The fourth-order valence-corrected chi connectivity index (χ4v) is 4.27. The number of ether oxygens (including phenoxy) is 2. The number of Topliss-reactive ketones (excluding diaryl/α,β-unsaturated/α-hetero) is 1. The van der Waals surface area contributed by atoms with Crippen LogP contribution in [-0.2, 0) is 20.7 Å². The Bertz CT molecular complexity index is 1180. The summed E-state index contributed by atoms with van der Waals surface area (Å²) in [5, 5.41) is 1.83. The quantitative estimate of drug-likeness (QED) is 0.413. The van der Waals surface area contributed by atoms with Crippen LogP contribution in [0.15, 0.2) is 60.0 Å². The molecule has 1 aliphatic carbocycles. The summed E-state index contributed by atoms with van der Waals surface area (Å²) in [6.07, 6.45) is 8.37. The molecule has 0 N–H and O–H groups in total. The number of aromatic nitrogens is 2. The number of aliphatic imine (C=N–C) groups is 1. The minimum Gasteiger partial charge on any atom is -0.464 e. The first-order valence-electron chi connectivity index (χ1n) is 11.8. The van der Waals surface area contributed by atoms with Crippen molar-refractivity contribution in [2.24, 2.45) is 10.9 Å². The van der Waals surface area contributed by atoms with E-state index in [1.165, 1.54) is 0 Å². The third-order valence-corrected chi connectivity index (χ3v) is 5.97. The van der Waals surface area contributed by atoms with E-state index in [0.29, 0.717) is 30.9 Å². The van der Waals surface area contributed by atoms with Crippen molar-refractivity contribution in [2.45, 2.75) is 52.0 Å². The number of pyridine rings is 2. The number of hydrogen-bond acceptors (Lipinski definition) is 7. The zero-order chi connectivity index (χ0) is 23.9. The Balaban J connectivity index is 1.51. The van der Waals surface area contributed by atoms with Gasteiger partial charge in [0, 0.05) is 37.1 Å². The SMILES string of the molecule is CCCC1C(=O)CCC1=N[C@@H](Cc1ccc(Oc2nccc3ccncc23)cc1)C(=O)OCC. The molecule has 1 saturated carbocycles. The molecule has 1 unspecified atom stereocenters. The number of carbonyl (C=O) groups is 2. The molecule has 0 amide bonds. The van der Waals surface area contributed by atoms with Gasteiger partial charge in [0.25, 0.3) is 0 Å². The van der Waals surface area contributed by atoms with Gasteiger partial charge in [0.05, 0.1) is 17.9 Å². The number of nitrogens with zero attached hydrogens (tertiary/aromatic N) is 3. The lowest BCUT2D eigenvalue weighted by molar-refractivity contribution is -0.144. The molecule has 4 rings (SSSR count). The normalized spacial score (nSPS) is 17.8. The van der Waals surface area contributed by atoms with E-state index in [1.54, 1.807) is 25.5 Å². The molecule has 7 heteroatoms. The van der Waals surface area contributed by atoms with Gasteiger partial charge in [-0.25, -0.2) is 9.78 Å². The predicted octanol–water partition coefficient (Wildman–Crippen LogP) is 5.12. The summed E-state index contributed by atoms with van der Waals surface area (Å²) in [7, 11) is 0. The molecule has 0 aliphatic heterocycles. The Labute approximate surface area is 199 Å².